The molecule has 0 fully saturated rings. The highest BCUT2D eigenvalue weighted by Crippen LogP contribution is 2.39. The molecule has 0 aliphatic carbocycles. The molecule has 0 unspecified atom stereocenters. The summed E-state index contributed by atoms with van der Waals surface area (Å²) in [6.45, 7) is 3.85. The smallest absolute Gasteiger partial charge is 0.271 e. The van der Waals surface area contributed by atoms with E-state index in [1.165, 1.54) is 7.11 Å². The second-order valence-electron chi connectivity index (χ2n) is 3.97. The van der Waals surface area contributed by atoms with Gasteiger partial charge in [0.15, 0.2) is 17.2 Å². The first-order chi connectivity index (χ1) is 10.1. The molecule has 0 bridgehead atoms. The van der Waals surface area contributed by atoms with Crippen LogP contribution in [0.5, 0.6) is 11.5 Å². The molecule has 1 amide bonds. The Morgan fingerprint density at radius 3 is 2.90 bits per heavy atom. The van der Waals surface area contributed by atoms with Crippen LogP contribution in [0.1, 0.15) is 10.5 Å². The van der Waals surface area contributed by atoms with E-state index < -0.39 is 5.91 Å². The molecule has 2 rings (SSSR count). The molecular weight excluding hydrogens is 296 g/mol. The highest BCUT2D eigenvalue weighted by atomic mass is 35.5. The highest BCUT2D eigenvalue weighted by Gasteiger charge is 2.19. The summed E-state index contributed by atoms with van der Waals surface area (Å²) < 4.78 is 10.7. The molecule has 21 heavy (non-hydrogen) atoms. The number of H-pyrrole nitrogens is 1. The third kappa shape index (κ3) is 2.97. The van der Waals surface area contributed by atoms with Crippen molar-refractivity contribution in [1.82, 2.24) is 15.4 Å². The van der Waals surface area contributed by atoms with Gasteiger partial charge in [-0.2, -0.15) is 15.4 Å². The zero-order valence-electron chi connectivity index (χ0n) is 11.2. The number of ether oxygens (including phenoxy) is 2. The molecule has 110 valence electrons. The maximum atomic E-state index is 11.3. The summed E-state index contributed by atoms with van der Waals surface area (Å²) in [6, 6.07) is 3.22. The van der Waals surface area contributed by atoms with Crippen LogP contribution in [0, 0.1) is 0 Å². The van der Waals surface area contributed by atoms with E-state index in [9.17, 15) is 4.79 Å². The average Bonchev–Trinajstić information content (AvgIpc) is 2.94. The summed E-state index contributed by atoms with van der Waals surface area (Å²) in [6.07, 6.45) is 1.59. The Hall–Kier alpha value is -2.54. The van der Waals surface area contributed by atoms with Gasteiger partial charge in [0.25, 0.3) is 5.91 Å². The van der Waals surface area contributed by atoms with Crippen LogP contribution in [0.4, 0.5) is 0 Å². The topological polar surface area (TPSA) is 103 Å². The summed E-state index contributed by atoms with van der Waals surface area (Å²) in [5.41, 5.74) is 6.08. The number of halogens is 1. The fourth-order valence-electron chi connectivity index (χ4n) is 1.74. The van der Waals surface area contributed by atoms with Gasteiger partial charge in [0, 0.05) is 5.56 Å². The maximum Gasteiger partial charge on any atom is 0.271 e. The molecule has 1 aromatic heterocycles. The van der Waals surface area contributed by atoms with Crippen molar-refractivity contribution in [3.8, 4) is 22.8 Å². The number of hydrogen-bond donors (Lipinski definition) is 2. The molecule has 8 heteroatoms. The van der Waals surface area contributed by atoms with Crippen LogP contribution >= 0.6 is 11.6 Å². The van der Waals surface area contributed by atoms with E-state index in [-0.39, 0.29) is 18.0 Å². The first kappa shape index (κ1) is 14.9. The Morgan fingerprint density at radius 2 is 2.29 bits per heavy atom. The van der Waals surface area contributed by atoms with Gasteiger partial charge < -0.3 is 15.2 Å². The van der Waals surface area contributed by atoms with Crippen molar-refractivity contribution in [2.24, 2.45) is 5.73 Å². The number of nitrogens with one attached hydrogen (secondary N) is 1. The van der Waals surface area contributed by atoms with Gasteiger partial charge in [-0.25, -0.2) is 0 Å². The Bertz CT molecular complexity index is 684. The van der Waals surface area contributed by atoms with Gasteiger partial charge in [-0.3, -0.25) is 4.79 Å². The summed E-state index contributed by atoms with van der Waals surface area (Å²) >= 11 is 6.18. The second-order valence-corrected chi connectivity index (χ2v) is 4.38. The van der Waals surface area contributed by atoms with Crippen molar-refractivity contribution in [2.75, 3.05) is 13.7 Å². The SMILES string of the molecule is C=CCOc1c(Cl)cc(-c2n[nH]nc2C(N)=O)cc1OC. The van der Waals surface area contributed by atoms with Crippen LogP contribution in [0.2, 0.25) is 5.02 Å². The van der Waals surface area contributed by atoms with Gasteiger partial charge in [-0.05, 0) is 12.1 Å². The second kappa shape index (κ2) is 6.27. The molecular formula is C13H13ClN4O3. The van der Waals surface area contributed by atoms with Gasteiger partial charge in [-0.15, -0.1) is 0 Å². The van der Waals surface area contributed by atoms with E-state index in [0.717, 1.165) is 0 Å². The van der Waals surface area contributed by atoms with Crippen LogP contribution in [-0.2, 0) is 0 Å². The number of rotatable bonds is 6. The number of benzene rings is 1. The Labute approximate surface area is 125 Å². The number of amides is 1. The summed E-state index contributed by atoms with van der Waals surface area (Å²) in [4.78, 5) is 11.3. The van der Waals surface area contributed by atoms with Crippen molar-refractivity contribution in [3.05, 3.63) is 35.5 Å². The van der Waals surface area contributed by atoms with Gasteiger partial charge in [-0.1, -0.05) is 24.3 Å². The Balaban J connectivity index is 2.51. The standard InChI is InChI=1S/C13H13ClN4O3/c1-3-4-21-12-8(14)5-7(6-9(12)20-2)10-11(13(15)19)17-18-16-10/h3,5-6H,1,4H2,2H3,(H2,15,19)(H,16,17,18). The minimum Gasteiger partial charge on any atom is -0.493 e. The molecule has 0 atom stereocenters. The maximum absolute atomic E-state index is 11.3. The van der Waals surface area contributed by atoms with Crippen LogP contribution in [0.3, 0.4) is 0 Å². The lowest BCUT2D eigenvalue weighted by Crippen LogP contribution is -2.12. The van der Waals surface area contributed by atoms with Crippen molar-refractivity contribution in [2.45, 2.75) is 0 Å². The van der Waals surface area contributed by atoms with Crippen LogP contribution in [-0.4, -0.2) is 35.0 Å². The van der Waals surface area contributed by atoms with E-state index in [0.29, 0.717) is 22.1 Å². The first-order valence-electron chi connectivity index (χ1n) is 5.90. The van der Waals surface area contributed by atoms with E-state index in [2.05, 4.69) is 22.0 Å². The average molecular weight is 309 g/mol. The predicted molar refractivity (Wildman–Crippen MR) is 77.6 cm³/mol. The zero-order chi connectivity index (χ0) is 15.4. The fraction of sp³-hybridized carbons (Fsp3) is 0.154. The number of carbonyl (C=O) groups is 1. The summed E-state index contributed by atoms with van der Waals surface area (Å²) in [7, 11) is 1.48. The molecule has 1 aromatic carbocycles. The van der Waals surface area contributed by atoms with E-state index in [4.69, 9.17) is 26.8 Å². The van der Waals surface area contributed by atoms with Crippen molar-refractivity contribution in [3.63, 3.8) is 0 Å². The van der Waals surface area contributed by atoms with Gasteiger partial charge in [0.1, 0.15) is 12.3 Å². The zero-order valence-corrected chi connectivity index (χ0v) is 12.0. The lowest BCUT2D eigenvalue weighted by Gasteiger charge is -2.12. The largest absolute Gasteiger partial charge is 0.493 e. The molecule has 0 aliphatic heterocycles. The number of nitrogens with zero attached hydrogens (tertiary/aromatic N) is 2. The number of methoxy groups -OCH3 is 1. The predicted octanol–water partition coefficient (Wildman–Crippen LogP) is 1.80. The molecule has 0 saturated carbocycles. The number of primary amides is 1. The molecule has 7 nitrogen and oxygen atoms in total. The third-order valence-corrected chi connectivity index (χ3v) is 2.91. The van der Waals surface area contributed by atoms with Gasteiger partial charge in [0.2, 0.25) is 0 Å². The molecule has 2 aromatic rings. The number of nitrogens with two attached hydrogens (primary N) is 1. The number of aromatic amines is 1. The normalized spacial score (nSPS) is 10.2. The van der Waals surface area contributed by atoms with Gasteiger partial charge in [0.05, 0.1) is 12.1 Å². The number of hydrogen-bond acceptors (Lipinski definition) is 5. The lowest BCUT2D eigenvalue weighted by molar-refractivity contribution is 0.0996. The minimum absolute atomic E-state index is 0.0212. The first-order valence-corrected chi connectivity index (χ1v) is 6.28. The van der Waals surface area contributed by atoms with Crippen LogP contribution in [0.15, 0.2) is 24.8 Å². The van der Waals surface area contributed by atoms with E-state index in [1.807, 2.05) is 0 Å². The van der Waals surface area contributed by atoms with E-state index in [1.54, 1.807) is 18.2 Å². The lowest BCUT2D eigenvalue weighted by atomic mass is 10.1. The Morgan fingerprint density at radius 1 is 1.52 bits per heavy atom. The molecule has 0 aliphatic rings. The third-order valence-electron chi connectivity index (χ3n) is 2.63. The monoisotopic (exact) mass is 308 g/mol. The van der Waals surface area contributed by atoms with Crippen molar-refractivity contribution < 1.29 is 14.3 Å². The minimum atomic E-state index is -0.694. The molecule has 0 saturated heterocycles. The van der Waals surface area contributed by atoms with Crippen LogP contribution < -0.4 is 15.2 Å². The van der Waals surface area contributed by atoms with E-state index >= 15 is 0 Å². The number of carbonyl (C=O) groups excluding carboxylic acids is 1. The summed E-state index contributed by atoms with van der Waals surface area (Å²) in [5, 5.41) is 10.3. The van der Waals surface area contributed by atoms with Crippen molar-refractivity contribution >= 4 is 17.5 Å². The van der Waals surface area contributed by atoms with Gasteiger partial charge >= 0.3 is 0 Å². The molecule has 0 spiro atoms. The Kier molecular flexibility index (Phi) is 4.44. The quantitative estimate of drug-likeness (QED) is 0.792. The fourth-order valence-corrected chi connectivity index (χ4v) is 2.01. The van der Waals surface area contributed by atoms with Crippen molar-refractivity contribution in [1.29, 1.82) is 0 Å². The highest BCUT2D eigenvalue weighted by molar-refractivity contribution is 6.32. The molecule has 1 heterocycles. The summed E-state index contributed by atoms with van der Waals surface area (Å²) in [5.74, 6) is 0.0885. The van der Waals surface area contributed by atoms with Crippen LogP contribution in [0.25, 0.3) is 11.3 Å². The number of aromatic nitrogens is 3. The molecule has 0 radical (unpaired) electrons. The molecule has 3 N–H and O–H groups in total.